The number of hydrogen-bond donors (Lipinski definition) is 1. The van der Waals surface area contributed by atoms with Gasteiger partial charge in [0.15, 0.2) is 0 Å². The van der Waals surface area contributed by atoms with Gasteiger partial charge < -0.3 is 9.84 Å². The zero-order chi connectivity index (χ0) is 9.56. The van der Waals surface area contributed by atoms with Gasteiger partial charge in [0.05, 0.1) is 6.10 Å². The quantitative estimate of drug-likeness (QED) is 0.638. The third-order valence-corrected chi connectivity index (χ3v) is 1.39. The Bertz CT molecular complexity index is 150. The van der Waals surface area contributed by atoms with Crippen molar-refractivity contribution in [1.82, 2.24) is 0 Å². The fraction of sp³-hybridized carbons (Fsp3) is 0.600. The minimum atomic E-state index is -0.588. The number of allylic oxidation sites excluding steroid dienone is 1. The van der Waals surface area contributed by atoms with Crippen molar-refractivity contribution >= 4 is 0 Å². The minimum absolute atomic E-state index is 0.105. The van der Waals surface area contributed by atoms with Crippen LogP contribution in [-0.2, 0) is 4.74 Å². The third-order valence-electron chi connectivity index (χ3n) is 1.39. The summed E-state index contributed by atoms with van der Waals surface area (Å²) in [6, 6.07) is 0. The molecule has 0 saturated heterocycles. The smallest absolute Gasteiger partial charge is 0.105 e. The topological polar surface area (TPSA) is 29.5 Å². The molecule has 0 aromatic rings. The molecule has 0 fully saturated rings. The van der Waals surface area contributed by atoms with Gasteiger partial charge in [0, 0.05) is 0 Å². The number of hydrogen-bond acceptors (Lipinski definition) is 2. The molecule has 0 aliphatic heterocycles. The molecule has 0 aromatic carbocycles. The Morgan fingerprint density at radius 1 is 1.42 bits per heavy atom. The van der Waals surface area contributed by atoms with Gasteiger partial charge in [0.1, 0.15) is 12.2 Å². The van der Waals surface area contributed by atoms with Gasteiger partial charge >= 0.3 is 0 Å². The second kappa shape index (κ2) is 5.98. The first kappa shape index (κ1) is 11.4. The summed E-state index contributed by atoms with van der Waals surface area (Å²) in [7, 11) is 0. The molecule has 0 spiro atoms. The summed E-state index contributed by atoms with van der Waals surface area (Å²) in [5.41, 5.74) is 0. The Balaban J connectivity index is 4.04. The van der Waals surface area contributed by atoms with Gasteiger partial charge in [0.25, 0.3) is 0 Å². The largest absolute Gasteiger partial charge is 0.386 e. The Labute approximate surface area is 74.6 Å². The molecule has 2 unspecified atom stereocenters. The van der Waals surface area contributed by atoms with Crippen molar-refractivity contribution < 1.29 is 9.84 Å². The molecule has 70 valence electrons. The minimum Gasteiger partial charge on any atom is -0.386 e. The Hall–Kier alpha value is -0.600. The van der Waals surface area contributed by atoms with Crippen LogP contribution in [0.4, 0.5) is 0 Å². The van der Waals surface area contributed by atoms with Crippen LogP contribution in [0.25, 0.3) is 0 Å². The molecule has 12 heavy (non-hydrogen) atoms. The third kappa shape index (κ3) is 4.31. The molecule has 0 radical (unpaired) electrons. The number of aliphatic hydroxyl groups is 1. The van der Waals surface area contributed by atoms with Gasteiger partial charge in [-0.1, -0.05) is 18.2 Å². The summed E-state index contributed by atoms with van der Waals surface area (Å²) in [6.07, 6.45) is 4.31. The molecule has 0 aromatic heterocycles. The fourth-order valence-corrected chi connectivity index (χ4v) is 0.896. The van der Waals surface area contributed by atoms with E-state index in [9.17, 15) is 5.11 Å². The van der Waals surface area contributed by atoms with Crippen LogP contribution in [-0.4, -0.2) is 23.4 Å². The van der Waals surface area contributed by atoms with Gasteiger partial charge in [-0.15, -0.1) is 6.58 Å². The van der Waals surface area contributed by atoms with Gasteiger partial charge in [-0.2, -0.15) is 0 Å². The van der Waals surface area contributed by atoms with Crippen LogP contribution in [0.1, 0.15) is 20.8 Å². The molecule has 1 N–H and O–H groups in total. The highest BCUT2D eigenvalue weighted by Gasteiger charge is 2.14. The van der Waals surface area contributed by atoms with E-state index in [-0.39, 0.29) is 12.2 Å². The van der Waals surface area contributed by atoms with Crippen LogP contribution in [0.2, 0.25) is 0 Å². The molecule has 2 heteroatoms. The summed E-state index contributed by atoms with van der Waals surface area (Å²) >= 11 is 0. The average Bonchev–Trinajstić information content (AvgIpc) is 2.00. The van der Waals surface area contributed by atoms with Crippen molar-refractivity contribution in [2.45, 2.75) is 39.1 Å². The predicted octanol–water partition coefficient (Wildman–Crippen LogP) is 1.90. The predicted molar refractivity (Wildman–Crippen MR) is 51.0 cm³/mol. The lowest BCUT2D eigenvalue weighted by atomic mass is 10.2. The van der Waals surface area contributed by atoms with Crippen LogP contribution in [0.15, 0.2) is 24.8 Å². The van der Waals surface area contributed by atoms with E-state index in [0.717, 1.165) is 0 Å². The first-order chi connectivity index (χ1) is 5.61. The van der Waals surface area contributed by atoms with Crippen LogP contribution in [0.5, 0.6) is 0 Å². The molecule has 0 aliphatic carbocycles. The zero-order valence-electron chi connectivity index (χ0n) is 8.03. The zero-order valence-corrected chi connectivity index (χ0v) is 8.03. The summed E-state index contributed by atoms with van der Waals surface area (Å²) in [6.45, 7) is 9.32. The molecule has 0 rings (SSSR count). The molecule has 0 heterocycles. The number of aliphatic hydroxyl groups excluding tert-OH is 1. The lowest BCUT2D eigenvalue weighted by Gasteiger charge is -2.19. The van der Waals surface area contributed by atoms with Crippen molar-refractivity contribution in [1.29, 1.82) is 0 Å². The van der Waals surface area contributed by atoms with E-state index in [2.05, 4.69) is 6.58 Å². The summed E-state index contributed by atoms with van der Waals surface area (Å²) in [4.78, 5) is 0. The molecule has 2 nitrogen and oxygen atoms in total. The molecule has 0 aliphatic rings. The maximum absolute atomic E-state index is 9.47. The Morgan fingerprint density at radius 3 is 2.33 bits per heavy atom. The standard InChI is InChI=1S/C10H18O2/c1-5-7-9(11)10(6-2)12-8(3)4/h5-11H,2H2,1,3-4H3/b7-5+. The average molecular weight is 170 g/mol. The van der Waals surface area contributed by atoms with E-state index >= 15 is 0 Å². The lowest BCUT2D eigenvalue weighted by molar-refractivity contribution is -0.0214. The van der Waals surface area contributed by atoms with Crippen molar-refractivity contribution in [2.24, 2.45) is 0 Å². The van der Waals surface area contributed by atoms with Crippen molar-refractivity contribution in [3.05, 3.63) is 24.8 Å². The molecular formula is C10H18O2. The van der Waals surface area contributed by atoms with Crippen LogP contribution in [0.3, 0.4) is 0 Å². The molecule has 0 amide bonds. The lowest BCUT2D eigenvalue weighted by Crippen LogP contribution is -2.27. The van der Waals surface area contributed by atoms with Gasteiger partial charge in [-0.05, 0) is 20.8 Å². The van der Waals surface area contributed by atoms with E-state index in [1.54, 1.807) is 18.2 Å². The van der Waals surface area contributed by atoms with E-state index in [0.29, 0.717) is 0 Å². The van der Waals surface area contributed by atoms with Crippen molar-refractivity contribution in [2.75, 3.05) is 0 Å². The monoisotopic (exact) mass is 170 g/mol. The van der Waals surface area contributed by atoms with Crippen LogP contribution in [0, 0.1) is 0 Å². The molecule has 0 saturated carbocycles. The summed E-state index contributed by atoms with van der Waals surface area (Å²) in [5, 5.41) is 9.47. The maximum Gasteiger partial charge on any atom is 0.105 e. The Kier molecular flexibility index (Phi) is 5.68. The van der Waals surface area contributed by atoms with Crippen molar-refractivity contribution in [3.63, 3.8) is 0 Å². The van der Waals surface area contributed by atoms with Gasteiger partial charge in [-0.25, -0.2) is 0 Å². The van der Waals surface area contributed by atoms with E-state index in [1.807, 2.05) is 20.8 Å². The first-order valence-corrected chi connectivity index (χ1v) is 4.20. The van der Waals surface area contributed by atoms with E-state index < -0.39 is 6.10 Å². The molecular weight excluding hydrogens is 152 g/mol. The molecule has 0 bridgehead atoms. The van der Waals surface area contributed by atoms with Crippen molar-refractivity contribution in [3.8, 4) is 0 Å². The fourth-order valence-electron chi connectivity index (χ4n) is 0.896. The normalized spacial score (nSPS) is 16.8. The van der Waals surface area contributed by atoms with E-state index in [1.165, 1.54) is 0 Å². The maximum atomic E-state index is 9.47. The second-order valence-electron chi connectivity index (χ2n) is 2.90. The number of ether oxygens (including phenoxy) is 1. The van der Waals surface area contributed by atoms with E-state index in [4.69, 9.17) is 4.74 Å². The Morgan fingerprint density at radius 2 is 2.00 bits per heavy atom. The highest BCUT2D eigenvalue weighted by molar-refractivity contribution is 4.97. The summed E-state index contributed by atoms with van der Waals surface area (Å²) < 4.78 is 5.39. The highest BCUT2D eigenvalue weighted by Crippen LogP contribution is 2.05. The summed E-state index contributed by atoms with van der Waals surface area (Å²) in [5.74, 6) is 0. The van der Waals surface area contributed by atoms with Gasteiger partial charge in [-0.3, -0.25) is 0 Å². The second-order valence-corrected chi connectivity index (χ2v) is 2.90. The van der Waals surface area contributed by atoms with Gasteiger partial charge in [0.2, 0.25) is 0 Å². The highest BCUT2D eigenvalue weighted by atomic mass is 16.5. The number of rotatable bonds is 5. The molecule has 2 atom stereocenters. The first-order valence-electron chi connectivity index (χ1n) is 4.20. The SMILES string of the molecule is C=CC(OC(C)C)C(O)/C=C/C. The van der Waals surface area contributed by atoms with Crippen LogP contribution < -0.4 is 0 Å². The van der Waals surface area contributed by atoms with Crippen LogP contribution >= 0.6 is 0 Å².